The molecule has 0 radical (unpaired) electrons. The summed E-state index contributed by atoms with van der Waals surface area (Å²) in [4.78, 5) is 21.9. The first-order chi connectivity index (χ1) is 12.8. The topological polar surface area (TPSA) is 84.3 Å². The Morgan fingerprint density at radius 3 is 2.26 bits per heavy atom. The molecule has 1 unspecified atom stereocenters. The van der Waals surface area contributed by atoms with E-state index in [0.29, 0.717) is 18.7 Å². The van der Waals surface area contributed by atoms with Gasteiger partial charge in [-0.15, -0.1) is 0 Å². The molecule has 2 N–H and O–H groups in total. The molecule has 9 heteroatoms. The Morgan fingerprint density at radius 2 is 1.70 bits per heavy atom. The summed E-state index contributed by atoms with van der Waals surface area (Å²) in [6, 6.07) is 10.9. The highest BCUT2D eigenvalue weighted by molar-refractivity contribution is 5.76. The maximum absolute atomic E-state index is 13.2. The van der Waals surface area contributed by atoms with Gasteiger partial charge in [-0.05, 0) is 24.1 Å². The maximum Gasteiger partial charge on any atom is 0.412 e. The highest BCUT2D eigenvalue weighted by atomic mass is 19.4. The Labute approximate surface area is 153 Å². The van der Waals surface area contributed by atoms with Gasteiger partial charge in [0.2, 0.25) is 5.91 Å². The van der Waals surface area contributed by atoms with Crippen molar-refractivity contribution in [2.24, 2.45) is 0 Å². The van der Waals surface area contributed by atoms with E-state index in [1.165, 1.54) is 48.5 Å². The van der Waals surface area contributed by atoms with Gasteiger partial charge in [-0.1, -0.05) is 30.3 Å². The van der Waals surface area contributed by atoms with E-state index in [9.17, 15) is 28.1 Å². The number of hydrogen-bond acceptors (Lipinski definition) is 4. The average Bonchev–Trinajstić information content (AvgIpc) is 2.63. The molecule has 1 atom stereocenters. The van der Waals surface area contributed by atoms with Gasteiger partial charge in [0.15, 0.2) is 6.04 Å². The molecule has 0 aliphatic rings. The molecule has 1 amide bonds. The van der Waals surface area contributed by atoms with Crippen molar-refractivity contribution in [3.8, 4) is 0 Å². The van der Waals surface area contributed by atoms with Gasteiger partial charge in [-0.3, -0.25) is 14.9 Å². The standard InChI is InChI=1S/C18H18F3N3O3/c19-18(20,21)17(13-5-2-1-3-6-13)23-16(25)7-4-12-22-14-8-10-15(11-9-14)24(26)27/h1-3,5-6,8-11,17,22H,4,7,12H2,(H,23,25). The SMILES string of the molecule is O=C(CCCNc1ccc([N+](=O)[O-])cc1)NC(c1ccccc1)C(F)(F)F. The summed E-state index contributed by atoms with van der Waals surface area (Å²) in [7, 11) is 0. The highest BCUT2D eigenvalue weighted by Crippen LogP contribution is 2.32. The summed E-state index contributed by atoms with van der Waals surface area (Å²) < 4.78 is 39.6. The van der Waals surface area contributed by atoms with Crippen LogP contribution in [0.15, 0.2) is 54.6 Å². The van der Waals surface area contributed by atoms with Gasteiger partial charge in [0, 0.05) is 30.8 Å². The minimum atomic E-state index is -4.59. The number of nitrogens with one attached hydrogen (secondary N) is 2. The van der Waals surface area contributed by atoms with Crippen LogP contribution in [0, 0.1) is 10.1 Å². The number of carbonyl (C=O) groups is 1. The van der Waals surface area contributed by atoms with Gasteiger partial charge < -0.3 is 10.6 Å². The molecule has 0 aliphatic carbocycles. The monoisotopic (exact) mass is 381 g/mol. The van der Waals surface area contributed by atoms with E-state index in [2.05, 4.69) is 5.32 Å². The molecule has 0 heterocycles. The number of alkyl halides is 3. The van der Waals surface area contributed by atoms with Crippen molar-refractivity contribution in [2.75, 3.05) is 11.9 Å². The lowest BCUT2D eigenvalue weighted by atomic mass is 10.1. The number of rotatable bonds is 8. The first-order valence-corrected chi connectivity index (χ1v) is 8.17. The minimum absolute atomic E-state index is 0.0256. The number of halogens is 3. The van der Waals surface area contributed by atoms with Crippen molar-refractivity contribution in [2.45, 2.75) is 25.1 Å². The number of hydrogen-bond donors (Lipinski definition) is 2. The van der Waals surface area contributed by atoms with Crippen LogP contribution >= 0.6 is 0 Å². The summed E-state index contributed by atoms with van der Waals surface area (Å²) in [5.41, 5.74) is 0.555. The fraction of sp³-hybridized carbons (Fsp3) is 0.278. The van der Waals surface area contributed by atoms with Crippen LogP contribution in [-0.2, 0) is 4.79 Å². The largest absolute Gasteiger partial charge is 0.412 e. The molecule has 0 fully saturated rings. The van der Waals surface area contributed by atoms with Crippen molar-refractivity contribution >= 4 is 17.3 Å². The minimum Gasteiger partial charge on any atom is -0.385 e. The Morgan fingerprint density at radius 1 is 1.07 bits per heavy atom. The van der Waals surface area contributed by atoms with Crippen molar-refractivity contribution in [1.29, 1.82) is 0 Å². The zero-order valence-corrected chi connectivity index (χ0v) is 14.2. The van der Waals surface area contributed by atoms with E-state index in [1.807, 2.05) is 5.32 Å². The number of nitro benzene ring substituents is 1. The van der Waals surface area contributed by atoms with Gasteiger partial charge in [-0.2, -0.15) is 13.2 Å². The molecule has 0 saturated heterocycles. The molecule has 0 spiro atoms. The van der Waals surface area contributed by atoms with E-state index in [0.717, 1.165) is 0 Å². The second-order valence-corrected chi connectivity index (χ2v) is 5.79. The second-order valence-electron chi connectivity index (χ2n) is 5.79. The Kier molecular flexibility index (Phi) is 6.75. The highest BCUT2D eigenvalue weighted by Gasteiger charge is 2.41. The third-order valence-electron chi connectivity index (χ3n) is 3.75. The molecule has 2 aromatic rings. The van der Waals surface area contributed by atoms with E-state index in [-0.39, 0.29) is 17.7 Å². The molecule has 0 aromatic heterocycles. The van der Waals surface area contributed by atoms with E-state index < -0.39 is 23.0 Å². The van der Waals surface area contributed by atoms with Gasteiger partial charge in [-0.25, -0.2) is 0 Å². The third kappa shape index (κ3) is 6.28. The first kappa shape index (κ1) is 20.2. The lowest BCUT2D eigenvalue weighted by Crippen LogP contribution is -2.38. The number of anilines is 1. The molecule has 0 saturated carbocycles. The van der Waals surface area contributed by atoms with Crippen molar-refractivity contribution in [3.63, 3.8) is 0 Å². The van der Waals surface area contributed by atoms with Gasteiger partial charge in [0.05, 0.1) is 4.92 Å². The second kappa shape index (κ2) is 9.02. The molecule has 0 aliphatic heterocycles. The maximum atomic E-state index is 13.2. The smallest absolute Gasteiger partial charge is 0.385 e. The lowest BCUT2D eigenvalue weighted by Gasteiger charge is -2.22. The predicted octanol–water partition coefficient (Wildman–Crippen LogP) is 4.21. The molecular weight excluding hydrogens is 363 g/mol. The van der Waals surface area contributed by atoms with Gasteiger partial charge in [0.1, 0.15) is 0 Å². The Bertz CT molecular complexity index is 765. The van der Waals surface area contributed by atoms with Crippen LogP contribution in [0.25, 0.3) is 0 Å². The summed E-state index contributed by atoms with van der Waals surface area (Å²) in [6.07, 6.45) is -4.37. The zero-order chi connectivity index (χ0) is 19.9. The molecule has 27 heavy (non-hydrogen) atoms. The van der Waals surface area contributed by atoms with Crippen LogP contribution < -0.4 is 10.6 Å². The zero-order valence-electron chi connectivity index (χ0n) is 14.2. The lowest BCUT2D eigenvalue weighted by molar-refractivity contribution is -0.384. The number of nitro groups is 1. The molecule has 144 valence electrons. The molecule has 2 rings (SSSR count). The number of carbonyl (C=O) groups excluding carboxylic acids is 1. The summed E-state index contributed by atoms with van der Waals surface area (Å²) in [6.45, 7) is 0.341. The van der Waals surface area contributed by atoms with Crippen LogP contribution in [0.3, 0.4) is 0 Å². The third-order valence-corrected chi connectivity index (χ3v) is 3.75. The van der Waals surface area contributed by atoms with Crippen LogP contribution in [0.4, 0.5) is 24.5 Å². The summed E-state index contributed by atoms with van der Waals surface area (Å²) >= 11 is 0. The molecule has 2 aromatic carbocycles. The molecular formula is C18H18F3N3O3. The van der Waals surface area contributed by atoms with E-state index in [4.69, 9.17) is 0 Å². The van der Waals surface area contributed by atoms with Gasteiger partial charge in [0.25, 0.3) is 5.69 Å². The van der Waals surface area contributed by atoms with E-state index >= 15 is 0 Å². The van der Waals surface area contributed by atoms with Crippen molar-refractivity contribution < 1.29 is 22.9 Å². The fourth-order valence-corrected chi connectivity index (χ4v) is 2.42. The quantitative estimate of drug-likeness (QED) is 0.408. The van der Waals surface area contributed by atoms with Crippen LogP contribution in [0.1, 0.15) is 24.4 Å². The number of nitrogens with zero attached hydrogens (tertiary/aromatic N) is 1. The number of benzene rings is 2. The van der Waals surface area contributed by atoms with Crippen LogP contribution in [0.2, 0.25) is 0 Å². The van der Waals surface area contributed by atoms with Crippen molar-refractivity contribution in [3.05, 3.63) is 70.3 Å². The normalized spacial score (nSPS) is 12.3. The van der Waals surface area contributed by atoms with Crippen molar-refractivity contribution in [1.82, 2.24) is 5.32 Å². The van der Waals surface area contributed by atoms with Gasteiger partial charge >= 0.3 is 6.18 Å². The molecule has 0 bridgehead atoms. The van der Waals surface area contributed by atoms with Crippen LogP contribution in [0.5, 0.6) is 0 Å². The first-order valence-electron chi connectivity index (χ1n) is 8.17. The average molecular weight is 381 g/mol. The van der Waals surface area contributed by atoms with Crippen LogP contribution in [-0.4, -0.2) is 23.6 Å². The fourth-order valence-electron chi connectivity index (χ4n) is 2.42. The summed E-state index contributed by atoms with van der Waals surface area (Å²) in [5.74, 6) is -0.702. The molecule has 6 nitrogen and oxygen atoms in total. The predicted molar refractivity (Wildman–Crippen MR) is 94.2 cm³/mol. The summed E-state index contributed by atoms with van der Waals surface area (Å²) in [5, 5.41) is 15.6. The Balaban J connectivity index is 1.81. The number of amides is 1. The number of non-ortho nitro benzene ring substituents is 1. The Hall–Kier alpha value is -3.10. The van der Waals surface area contributed by atoms with E-state index in [1.54, 1.807) is 6.07 Å².